The van der Waals surface area contributed by atoms with E-state index in [0.29, 0.717) is 15.8 Å². The lowest BCUT2D eigenvalue weighted by atomic mass is 10.2. The molecule has 0 spiro atoms. The van der Waals surface area contributed by atoms with Crippen molar-refractivity contribution in [2.24, 2.45) is 0 Å². The molecule has 0 atom stereocenters. The Morgan fingerprint density at radius 1 is 1.35 bits per heavy atom. The normalized spacial score (nSPS) is 10.8. The van der Waals surface area contributed by atoms with Crippen molar-refractivity contribution in [3.8, 4) is 17.1 Å². The van der Waals surface area contributed by atoms with Crippen molar-refractivity contribution in [1.82, 2.24) is 19.8 Å². The van der Waals surface area contributed by atoms with Gasteiger partial charge in [-0.15, -0.1) is 10.2 Å². The number of ether oxygens (including phenoxy) is 1. The lowest BCUT2D eigenvalue weighted by molar-refractivity contribution is -0.136. The summed E-state index contributed by atoms with van der Waals surface area (Å²) in [5, 5.41) is 21.6. The zero-order valence-corrected chi connectivity index (χ0v) is 11.3. The van der Waals surface area contributed by atoms with Gasteiger partial charge in [0.15, 0.2) is 5.82 Å². The van der Waals surface area contributed by atoms with Crippen LogP contribution in [0.2, 0.25) is 0 Å². The smallest absolute Gasteiger partial charge is 0.310 e. The SMILES string of the molecule is COc1ccc(-c2nnc3sc(CC(=O)O)nn23)cc1. The number of benzene rings is 1. The van der Waals surface area contributed by atoms with E-state index in [0.717, 1.165) is 11.3 Å². The number of fused-ring (bicyclic) bond motifs is 1. The van der Waals surface area contributed by atoms with Gasteiger partial charge in [-0.25, -0.2) is 0 Å². The predicted molar refractivity (Wildman–Crippen MR) is 72.0 cm³/mol. The Balaban J connectivity index is 2.01. The average Bonchev–Trinajstić information content (AvgIpc) is 2.98. The monoisotopic (exact) mass is 290 g/mol. The lowest BCUT2D eigenvalue weighted by Crippen LogP contribution is -2.00. The summed E-state index contributed by atoms with van der Waals surface area (Å²) >= 11 is 1.22. The van der Waals surface area contributed by atoms with Gasteiger partial charge in [-0.05, 0) is 24.3 Å². The van der Waals surface area contributed by atoms with Crippen molar-refractivity contribution in [2.75, 3.05) is 7.11 Å². The molecule has 3 rings (SSSR count). The van der Waals surface area contributed by atoms with Crippen molar-refractivity contribution >= 4 is 22.3 Å². The van der Waals surface area contributed by atoms with Gasteiger partial charge in [0.25, 0.3) is 0 Å². The molecule has 0 saturated carbocycles. The molecule has 0 radical (unpaired) electrons. The highest BCUT2D eigenvalue weighted by molar-refractivity contribution is 7.16. The summed E-state index contributed by atoms with van der Waals surface area (Å²) in [7, 11) is 1.60. The number of nitrogens with zero attached hydrogens (tertiary/aromatic N) is 4. The molecule has 20 heavy (non-hydrogen) atoms. The number of carboxylic acids is 1. The molecule has 0 amide bonds. The Labute approximate surface area is 117 Å². The highest BCUT2D eigenvalue weighted by atomic mass is 32.1. The van der Waals surface area contributed by atoms with Crippen LogP contribution in [0.5, 0.6) is 5.75 Å². The van der Waals surface area contributed by atoms with Gasteiger partial charge in [0, 0.05) is 5.56 Å². The second-order valence-corrected chi connectivity index (χ2v) is 5.05. The average molecular weight is 290 g/mol. The van der Waals surface area contributed by atoms with E-state index < -0.39 is 5.97 Å². The Morgan fingerprint density at radius 2 is 2.10 bits per heavy atom. The molecular formula is C12H10N4O3S. The van der Waals surface area contributed by atoms with E-state index in [1.165, 1.54) is 11.3 Å². The highest BCUT2D eigenvalue weighted by Gasteiger charge is 2.14. The first-order valence-corrected chi connectivity index (χ1v) is 6.56. The second-order valence-electron chi connectivity index (χ2n) is 4.01. The van der Waals surface area contributed by atoms with Crippen LogP contribution in [0.3, 0.4) is 0 Å². The van der Waals surface area contributed by atoms with E-state index >= 15 is 0 Å². The highest BCUT2D eigenvalue weighted by Crippen LogP contribution is 2.23. The topological polar surface area (TPSA) is 89.6 Å². The number of carbonyl (C=O) groups is 1. The van der Waals surface area contributed by atoms with Crippen LogP contribution in [0.4, 0.5) is 0 Å². The first-order chi connectivity index (χ1) is 9.67. The molecule has 7 nitrogen and oxygen atoms in total. The summed E-state index contributed by atoms with van der Waals surface area (Å²) in [6.07, 6.45) is -0.115. The molecule has 1 N–H and O–H groups in total. The Bertz CT molecular complexity index is 763. The van der Waals surface area contributed by atoms with Crippen molar-refractivity contribution in [2.45, 2.75) is 6.42 Å². The minimum absolute atomic E-state index is 0.115. The van der Waals surface area contributed by atoms with Crippen molar-refractivity contribution < 1.29 is 14.6 Å². The maximum Gasteiger partial charge on any atom is 0.310 e. The third-order valence-corrected chi connectivity index (χ3v) is 3.58. The van der Waals surface area contributed by atoms with Gasteiger partial charge in [-0.1, -0.05) is 11.3 Å². The van der Waals surface area contributed by atoms with E-state index in [1.54, 1.807) is 11.6 Å². The Morgan fingerprint density at radius 3 is 2.75 bits per heavy atom. The minimum atomic E-state index is -0.916. The van der Waals surface area contributed by atoms with Gasteiger partial charge in [-0.2, -0.15) is 9.61 Å². The molecule has 1 aromatic carbocycles. The van der Waals surface area contributed by atoms with Crippen LogP contribution >= 0.6 is 11.3 Å². The molecule has 2 aromatic heterocycles. The van der Waals surface area contributed by atoms with Crippen LogP contribution in [0, 0.1) is 0 Å². The van der Waals surface area contributed by atoms with Gasteiger partial charge in [0.05, 0.1) is 13.5 Å². The van der Waals surface area contributed by atoms with Gasteiger partial charge in [0.2, 0.25) is 4.96 Å². The molecule has 0 unspecified atom stereocenters. The number of carboxylic acid groups (broad SMARTS) is 1. The van der Waals surface area contributed by atoms with Crippen LogP contribution < -0.4 is 4.74 Å². The summed E-state index contributed by atoms with van der Waals surface area (Å²) in [6.45, 7) is 0. The zero-order valence-electron chi connectivity index (χ0n) is 10.5. The maximum absolute atomic E-state index is 10.7. The Hall–Kier alpha value is -2.48. The summed E-state index contributed by atoms with van der Waals surface area (Å²) in [5.41, 5.74) is 0.838. The van der Waals surface area contributed by atoms with E-state index in [-0.39, 0.29) is 6.42 Å². The van der Waals surface area contributed by atoms with Crippen LogP contribution in [-0.2, 0) is 11.2 Å². The standard InChI is InChI=1S/C12H10N4O3S/c1-19-8-4-2-7(3-5-8)11-13-14-12-16(11)15-9(20-12)6-10(17)18/h2-5H,6H2,1H3,(H,17,18). The predicted octanol–water partition coefficient (Wildman–Crippen LogP) is 1.49. The molecule has 0 aliphatic carbocycles. The third-order valence-electron chi connectivity index (χ3n) is 2.68. The van der Waals surface area contributed by atoms with Gasteiger partial charge in [-0.3, -0.25) is 4.79 Å². The maximum atomic E-state index is 10.7. The zero-order chi connectivity index (χ0) is 14.1. The molecule has 2 heterocycles. The minimum Gasteiger partial charge on any atom is -0.497 e. The fourth-order valence-corrected chi connectivity index (χ4v) is 2.60. The fraction of sp³-hybridized carbons (Fsp3) is 0.167. The van der Waals surface area contributed by atoms with Crippen LogP contribution in [0.1, 0.15) is 5.01 Å². The summed E-state index contributed by atoms with van der Waals surface area (Å²) in [5.74, 6) is 0.413. The summed E-state index contributed by atoms with van der Waals surface area (Å²) in [6, 6.07) is 7.35. The van der Waals surface area contributed by atoms with E-state index in [9.17, 15) is 4.79 Å². The van der Waals surface area contributed by atoms with E-state index in [4.69, 9.17) is 9.84 Å². The molecule has 0 aliphatic heterocycles. The largest absolute Gasteiger partial charge is 0.497 e. The second kappa shape index (κ2) is 4.89. The van der Waals surface area contributed by atoms with Gasteiger partial charge in [0.1, 0.15) is 10.8 Å². The van der Waals surface area contributed by atoms with Crippen LogP contribution in [-0.4, -0.2) is 38.0 Å². The number of aromatic nitrogens is 4. The van der Waals surface area contributed by atoms with E-state index in [1.807, 2.05) is 24.3 Å². The summed E-state index contributed by atoms with van der Waals surface area (Å²) < 4.78 is 6.66. The number of hydrogen-bond acceptors (Lipinski definition) is 6. The lowest BCUT2D eigenvalue weighted by Gasteiger charge is -2.00. The third kappa shape index (κ3) is 2.21. The molecule has 3 aromatic rings. The number of rotatable bonds is 4. The molecule has 0 saturated heterocycles. The Kier molecular flexibility index (Phi) is 3.07. The van der Waals surface area contributed by atoms with Gasteiger partial charge < -0.3 is 9.84 Å². The first-order valence-electron chi connectivity index (χ1n) is 5.74. The molecule has 0 bridgehead atoms. The summed E-state index contributed by atoms with van der Waals surface area (Å²) in [4.78, 5) is 11.3. The van der Waals surface area contributed by atoms with Crippen molar-refractivity contribution in [3.05, 3.63) is 29.3 Å². The fourth-order valence-electron chi connectivity index (χ4n) is 1.78. The van der Waals surface area contributed by atoms with Crippen molar-refractivity contribution in [1.29, 1.82) is 0 Å². The number of aliphatic carboxylic acids is 1. The van der Waals surface area contributed by atoms with E-state index in [2.05, 4.69) is 15.3 Å². The quantitative estimate of drug-likeness (QED) is 0.783. The number of hydrogen-bond donors (Lipinski definition) is 1. The van der Waals surface area contributed by atoms with Crippen molar-refractivity contribution in [3.63, 3.8) is 0 Å². The number of methoxy groups -OCH3 is 1. The molecule has 8 heteroatoms. The molecule has 0 aliphatic rings. The molecule has 102 valence electrons. The van der Waals surface area contributed by atoms with Gasteiger partial charge >= 0.3 is 5.97 Å². The first kappa shape index (κ1) is 12.5. The molecule has 0 fully saturated rings. The molecular weight excluding hydrogens is 280 g/mol. The van der Waals surface area contributed by atoms with Crippen LogP contribution in [0.25, 0.3) is 16.3 Å². The van der Waals surface area contributed by atoms with Crippen LogP contribution in [0.15, 0.2) is 24.3 Å².